The van der Waals surface area contributed by atoms with Crippen LogP contribution in [-0.2, 0) is 4.74 Å². The van der Waals surface area contributed by atoms with Crippen LogP contribution in [0.3, 0.4) is 0 Å². The van der Waals surface area contributed by atoms with Gasteiger partial charge in [-0.2, -0.15) is 0 Å². The minimum absolute atomic E-state index is 0. The van der Waals surface area contributed by atoms with Gasteiger partial charge in [-0.3, -0.25) is 0 Å². The first-order valence-electron chi connectivity index (χ1n) is 16.8. The minimum atomic E-state index is -0.955. The molecule has 2 radical (unpaired) electrons. The van der Waals surface area contributed by atoms with Crippen molar-refractivity contribution < 1.29 is 4.74 Å². The summed E-state index contributed by atoms with van der Waals surface area (Å²) in [5.41, 5.74) is 14.6. The van der Waals surface area contributed by atoms with Gasteiger partial charge in [-0.15, -0.1) is 0 Å². The van der Waals surface area contributed by atoms with Crippen molar-refractivity contribution >= 4 is 79.6 Å². The second kappa shape index (κ2) is 17.7. The van der Waals surface area contributed by atoms with Crippen LogP contribution in [0.15, 0.2) is 121 Å². The summed E-state index contributed by atoms with van der Waals surface area (Å²) in [6, 6.07) is 35.5. The van der Waals surface area contributed by atoms with Gasteiger partial charge in [0.15, 0.2) is 0 Å². The number of hydrogen-bond acceptors (Lipinski definition) is 1. The van der Waals surface area contributed by atoms with Crippen molar-refractivity contribution in [2.75, 3.05) is 13.2 Å². The smallest absolute Gasteiger partial charge is 0.0592 e. The predicted molar refractivity (Wildman–Crippen MR) is 213 cm³/mol. The molecule has 0 N–H and O–H groups in total. The summed E-state index contributed by atoms with van der Waals surface area (Å²) in [4.78, 5) is 0. The van der Waals surface area contributed by atoms with Crippen LogP contribution >= 0.6 is 0 Å². The molecule has 0 heterocycles. The van der Waals surface area contributed by atoms with E-state index in [9.17, 15) is 0 Å². The van der Waals surface area contributed by atoms with Crippen molar-refractivity contribution in [3.05, 3.63) is 166 Å². The molecule has 8 rings (SSSR count). The van der Waals surface area contributed by atoms with Crippen LogP contribution in [-0.4, -0.2) is 68.5 Å². The number of benzene rings is 4. The van der Waals surface area contributed by atoms with Crippen LogP contribution in [0.5, 0.6) is 0 Å². The number of rotatable bonds is 6. The predicted octanol–water partition coefficient (Wildman–Crippen LogP) is 9.37. The molecule has 4 aliphatic rings. The van der Waals surface area contributed by atoms with E-state index in [1.807, 2.05) is 13.8 Å². The summed E-state index contributed by atoms with van der Waals surface area (Å²) in [7, 11) is -1.91. The Kier molecular flexibility index (Phi) is 14.0. The second-order valence-electron chi connectivity index (χ2n) is 12.6. The van der Waals surface area contributed by atoms with Crippen molar-refractivity contribution in [2.45, 2.75) is 49.1 Å². The molecule has 4 aromatic rings. The van der Waals surface area contributed by atoms with Gasteiger partial charge in [-0.25, -0.2) is 0 Å². The van der Waals surface area contributed by atoms with Gasteiger partial charge in [-0.1, -0.05) is 159 Å². The Bertz CT molecular complexity index is 1490. The van der Waals surface area contributed by atoms with Crippen LogP contribution in [0.1, 0.15) is 80.5 Å². The Morgan fingerprint density at radius 1 is 0.426 bits per heavy atom. The van der Waals surface area contributed by atoms with Gasteiger partial charge in [0.05, 0.1) is 17.6 Å². The molecule has 0 aliphatic heterocycles. The van der Waals surface area contributed by atoms with Crippen molar-refractivity contribution in [1.82, 2.24) is 0 Å². The van der Waals surface area contributed by atoms with Crippen LogP contribution in [0, 0.1) is 0 Å². The van der Waals surface area contributed by atoms with E-state index in [0.717, 1.165) is 13.2 Å². The molecule has 0 spiro atoms. The fraction of sp³-hybridized carbons (Fsp3) is 0.238. The molecule has 4 unspecified atom stereocenters. The van der Waals surface area contributed by atoms with Crippen LogP contribution in [0.4, 0.5) is 0 Å². The zero-order valence-electron chi connectivity index (χ0n) is 29.1. The van der Waals surface area contributed by atoms with Crippen LogP contribution in [0.2, 0.25) is 13.1 Å². The molecule has 47 heavy (non-hydrogen) atoms. The normalized spacial score (nSPS) is 21.0. The Balaban J connectivity index is 0.000000180. The van der Waals surface area contributed by atoms with E-state index < -0.39 is 17.6 Å². The molecule has 0 saturated heterocycles. The molecule has 0 fully saturated rings. The van der Waals surface area contributed by atoms with Gasteiger partial charge >= 0.3 is 0 Å². The quantitative estimate of drug-likeness (QED) is 0.192. The summed E-state index contributed by atoms with van der Waals surface area (Å²) < 4.78 is 4.83. The molecular weight excluding hydrogens is 591 g/mol. The summed E-state index contributed by atoms with van der Waals surface area (Å²) in [6.07, 6.45) is 19.0. The van der Waals surface area contributed by atoms with E-state index >= 15 is 0 Å². The Labute approximate surface area is 310 Å². The van der Waals surface area contributed by atoms with Gasteiger partial charge in [-0.05, 0) is 80.5 Å². The first-order chi connectivity index (χ1) is 22.1. The average Bonchev–Trinajstić information content (AvgIpc) is 3.89. The fourth-order valence-corrected chi connectivity index (χ4v) is 13.8. The molecule has 0 saturated carbocycles. The second-order valence-corrected chi connectivity index (χ2v) is 18.9. The molecule has 4 aliphatic carbocycles. The molecule has 4 aromatic carbocycles. The maximum Gasteiger partial charge on any atom is 0.0592 e. The third-order valence-electron chi connectivity index (χ3n) is 10.0. The minimum Gasteiger partial charge on any atom is -0.382 e. The fourth-order valence-electron chi connectivity index (χ4n) is 7.59. The molecule has 0 bridgehead atoms. The van der Waals surface area contributed by atoms with Crippen molar-refractivity contribution in [2.24, 2.45) is 0 Å². The standard InChI is InChI=1S/2C19H18Si.C4H10O.2Li/c2*1-20(18-12-10-14-6-2-4-8-16(14)18)19-13-11-15-7-3-5-9-17(15)19;1-3-5-4-2;;/h2*2-13,18-20H,1H3;3-4H2,1-2H3;;. The number of allylic oxidation sites excluding steroid dienone is 4. The summed E-state index contributed by atoms with van der Waals surface area (Å²) in [5, 5.41) is 0. The van der Waals surface area contributed by atoms with Gasteiger partial charge in [0.2, 0.25) is 0 Å². The number of fused-ring (bicyclic) bond motifs is 4. The first kappa shape index (κ1) is 37.3. The van der Waals surface area contributed by atoms with E-state index in [4.69, 9.17) is 4.74 Å². The van der Waals surface area contributed by atoms with Crippen molar-refractivity contribution in [3.63, 3.8) is 0 Å². The average molecular weight is 637 g/mol. The Morgan fingerprint density at radius 3 is 0.872 bits per heavy atom. The van der Waals surface area contributed by atoms with E-state index in [1.165, 1.54) is 22.3 Å². The molecule has 4 atom stereocenters. The number of ether oxygens (including phenoxy) is 1. The first-order valence-corrected chi connectivity index (χ1v) is 21.7. The zero-order valence-corrected chi connectivity index (χ0v) is 31.5. The summed E-state index contributed by atoms with van der Waals surface area (Å²) in [5.74, 6) is 0. The summed E-state index contributed by atoms with van der Waals surface area (Å²) >= 11 is 0. The monoisotopic (exact) mass is 636 g/mol. The molecule has 0 aromatic heterocycles. The Morgan fingerprint density at radius 2 is 0.660 bits per heavy atom. The molecular formula is C42H46Li2OSi2. The van der Waals surface area contributed by atoms with E-state index in [-0.39, 0.29) is 37.7 Å². The molecule has 0 amide bonds. The molecule has 230 valence electrons. The van der Waals surface area contributed by atoms with Gasteiger partial charge < -0.3 is 4.74 Å². The molecule has 1 nitrogen and oxygen atoms in total. The zero-order chi connectivity index (χ0) is 31.2. The summed E-state index contributed by atoms with van der Waals surface area (Å²) in [6.45, 7) is 10.7. The van der Waals surface area contributed by atoms with Gasteiger partial charge in [0.25, 0.3) is 0 Å². The largest absolute Gasteiger partial charge is 0.382 e. The Hall–Kier alpha value is -2.57. The maximum absolute atomic E-state index is 4.83. The van der Waals surface area contributed by atoms with Crippen molar-refractivity contribution in [1.29, 1.82) is 0 Å². The third kappa shape index (κ3) is 8.18. The molecule has 5 heteroatoms. The van der Waals surface area contributed by atoms with Gasteiger partial charge in [0.1, 0.15) is 0 Å². The van der Waals surface area contributed by atoms with E-state index in [1.54, 1.807) is 22.3 Å². The van der Waals surface area contributed by atoms with Crippen LogP contribution < -0.4 is 0 Å². The van der Waals surface area contributed by atoms with Crippen LogP contribution in [0.25, 0.3) is 24.3 Å². The van der Waals surface area contributed by atoms with Gasteiger partial charge in [0, 0.05) is 50.9 Å². The topological polar surface area (TPSA) is 9.23 Å². The van der Waals surface area contributed by atoms with E-state index in [0.29, 0.717) is 22.2 Å². The van der Waals surface area contributed by atoms with E-state index in [2.05, 4.69) is 159 Å². The SMILES string of the molecule is CCOCC.C[SiH](C1C=Cc2ccccc21)C1C=Cc2ccccc21.C[SiH](C1C=Cc2ccccc21)C1C=Cc2ccccc21.[Li].[Li]. The van der Waals surface area contributed by atoms with Crippen molar-refractivity contribution in [3.8, 4) is 0 Å². The third-order valence-corrected chi connectivity index (χ3v) is 16.9. The maximum atomic E-state index is 4.83. The number of hydrogen-bond donors (Lipinski definition) is 0.